The van der Waals surface area contributed by atoms with Gasteiger partial charge in [0.1, 0.15) is 17.9 Å². The Morgan fingerprint density at radius 1 is 1.35 bits per heavy atom. The number of nitrogens with one attached hydrogen (secondary N) is 1. The molecule has 1 N–H and O–H groups in total. The van der Waals surface area contributed by atoms with E-state index in [4.69, 9.17) is 4.74 Å². The second-order valence-corrected chi connectivity index (χ2v) is 5.67. The molecular weight excluding hydrogens is 256 g/mol. The number of rotatable bonds is 3. The Morgan fingerprint density at radius 3 is 2.75 bits per heavy atom. The summed E-state index contributed by atoms with van der Waals surface area (Å²) in [6.07, 6.45) is 0.590. The number of amides is 3. The lowest BCUT2D eigenvalue weighted by atomic mass is 10.0. The number of hydrogen-bond donors (Lipinski definition) is 1. The summed E-state index contributed by atoms with van der Waals surface area (Å²) in [6, 6.07) is 7.09. The maximum atomic E-state index is 12.2. The van der Waals surface area contributed by atoms with Crippen LogP contribution in [0.1, 0.15) is 19.4 Å². The molecule has 5 nitrogen and oxygen atoms in total. The van der Waals surface area contributed by atoms with Crippen LogP contribution in [-0.2, 0) is 11.2 Å². The average molecular weight is 274 g/mol. The van der Waals surface area contributed by atoms with Gasteiger partial charge in [0.15, 0.2) is 0 Å². The van der Waals surface area contributed by atoms with E-state index in [2.05, 4.69) is 5.32 Å². The van der Waals surface area contributed by atoms with Gasteiger partial charge in [-0.25, -0.2) is 4.79 Å². The standard InChI is InChI=1S/C15H18N2O3/c1-9(2)13-14(18)17(15(19)16-13)8-11-7-10-5-3-4-6-12(10)20-11/h3-6,9,11,13H,7-8H2,1-2H3,(H,16,19)/t11-,13-/m1/s1. The zero-order valence-corrected chi connectivity index (χ0v) is 11.6. The van der Waals surface area contributed by atoms with Crippen molar-refractivity contribution >= 4 is 11.9 Å². The van der Waals surface area contributed by atoms with Crippen LogP contribution in [0.15, 0.2) is 24.3 Å². The Kier molecular flexibility index (Phi) is 3.12. The Labute approximate surface area is 117 Å². The highest BCUT2D eigenvalue weighted by Gasteiger charge is 2.41. The summed E-state index contributed by atoms with van der Waals surface area (Å²) in [5, 5.41) is 2.73. The third kappa shape index (κ3) is 2.13. The van der Waals surface area contributed by atoms with E-state index in [1.807, 2.05) is 38.1 Å². The van der Waals surface area contributed by atoms with Crippen molar-refractivity contribution in [3.8, 4) is 5.75 Å². The molecule has 2 aliphatic rings. The van der Waals surface area contributed by atoms with Gasteiger partial charge in [0.2, 0.25) is 0 Å². The number of nitrogens with zero attached hydrogens (tertiary/aromatic N) is 1. The summed E-state index contributed by atoms with van der Waals surface area (Å²) in [7, 11) is 0. The van der Waals surface area contributed by atoms with E-state index in [0.717, 1.165) is 17.7 Å². The third-order valence-electron chi connectivity index (χ3n) is 3.82. The Bertz CT molecular complexity index is 531. The monoisotopic (exact) mass is 274 g/mol. The molecule has 3 amide bonds. The normalized spacial score (nSPS) is 24.9. The minimum atomic E-state index is -0.411. The van der Waals surface area contributed by atoms with Gasteiger partial charge >= 0.3 is 6.03 Å². The lowest BCUT2D eigenvalue weighted by Crippen LogP contribution is -2.40. The molecule has 2 aliphatic heterocycles. The fourth-order valence-electron chi connectivity index (χ4n) is 2.72. The molecule has 0 spiro atoms. The molecule has 2 atom stereocenters. The molecule has 1 aromatic carbocycles. The molecule has 106 valence electrons. The van der Waals surface area contributed by atoms with Crippen LogP contribution >= 0.6 is 0 Å². The van der Waals surface area contributed by atoms with Crippen LogP contribution in [0.5, 0.6) is 5.75 Å². The predicted octanol–water partition coefficient (Wildman–Crippen LogP) is 1.57. The molecule has 1 fully saturated rings. The van der Waals surface area contributed by atoms with Crippen LogP contribution in [0.25, 0.3) is 0 Å². The summed E-state index contributed by atoms with van der Waals surface area (Å²) >= 11 is 0. The molecule has 0 bridgehead atoms. The van der Waals surface area contributed by atoms with Gasteiger partial charge < -0.3 is 10.1 Å². The van der Waals surface area contributed by atoms with Crippen LogP contribution in [0.4, 0.5) is 4.79 Å². The highest BCUT2D eigenvalue weighted by Crippen LogP contribution is 2.29. The summed E-state index contributed by atoms with van der Waals surface area (Å²) in [4.78, 5) is 25.4. The number of fused-ring (bicyclic) bond motifs is 1. The quantitative estimate of drug-likeness (QED) is 0.851. The van der Waals surface area contributed by atoms with Crippen molar-refractivity contribution in [1.29, 1.82) is 0 Å². The van der Waals surface area contributed by atoms with Gasteiger partial charge in [-0.05, 0) is 17.5 Å². The molecule has 0 aliphatic carbocycles. The minimum Gasteiger partial charge on any atom is -0.488 e. The Hall–Kier alpha value is -2.04. The van der Waals surface area contributed by atoms with Crippen LogP contribution < -0.4 is 10.1 Å². The fourth-order valence-corrected chi connectivity index (χ4v) is 2.72. The maximum absolute atomic E-state index is 12.2. The molecule has 0 unspecified atom stereocenters. The fraction of sp³-hybridized carbons (Fsp3) is 0.467. The van der Waals surface area contributed by atoms with Gasteiger partial charge in [-0.1, -0.05) is 32.0 Å². The first-order valence-corrected chi connectivity index (χ1v) is 6.92. The minimum absolute atomic E-state index is 0.0955. The molecule has 3 rings (SSSR count). The number of ether oxygens (including phenoxy) is 1. The van der Waals surface area contributed by atoms with Crippen molar-refractivity contribution < 1.29 is 14.3 Å². The number of imide groups is 1. The van der Waals surface area contributed by atoms with E-state index in [1.54, 1.807) is 0 Å². The molecule has 5 heteroatoms. The van der Waals surface area contributed by atoms with Gasteiger partial charge in [0, 0.05) is 6.42 Å². The topological polar surface area (TPSA) is 58.6 Å². The summed E-state index contributed by atoms with van der Waals surface area (Å²) in [6.45, 7) is 4.16. The predicted molar refractivity (Wildman–Crippen MR) is 73.4 cm³/mol. The van der Waals surface area contributed by atoms with Gasteiger partial charge in [0.05, 0.1) is 6.54 Å². The Morgan fingerprint density at radius 2 is 2.10 bits per heavy atom. The van der Waals surface area contributed by atoms with E-state index in [0.29, 0.717) is 6.54 Å². The number of urea groups is 1. The number of carbonyl (C=O) groups is 2. The largest absolute Gasteiger partial charge is 0.488 e. The summed E-state index contributed by atoms with van der Waals surface area (Å²) < 4.78 is 5.79. The first kappa shape index (κ1) is 13.0. The van der Waals surface area contributed by atoms with Gasteiger partial charge in [-0.2, -0.15) is 0 Å². The zero-order valence-electron chi connectivity index (χ0n) is 11.6. The molecule has 0 saturated carbocycles. The number of carbonyl (C=O) groups excluding carboxylic acids is 2. The summed E-state index contributed by atoms with van der Waals surface area (Å²) in [5.74, 6) is 0.799. The Balaban J connectivity index is 1.68. The van der Waals surface area contributed by atoms with Crippen molar-refractivity contribution in [3.63, 3.8) is 0 Å². The van der Waals surface area contributed by atoms with Crippen molar-refractivity contribution in [2.24, 2.45) is 5.92 Å². The second-order valence-electron chi connectivity index (χ2n) is 5.67. The molecule has 2 heterocycles. The van der Waals surface area contributed by atoms with Crippen molar-refractivity contribution in [1.82, 2.24) is 10.2 Å². The van der Waals surface area contributed by atoms with E-state index in [-0.39, 0.29) is 24.0 Å². The molecule has 1 aromatic rings. The summed E-state index contributed by atoms with van der Waals surface area (Å²) in [5.41, 5.74) is 1.13. The molecular formula is C15H18N2O3. The highest BCUT2D eigenvalue weighted by atomic mass is 16.5. The third-order valence-corrected chi connectivity index (χ3v) is 3.82. The second kappa shape index (κ2) is 4.81. The van der Waals surface area contributed by atoms with E-state index in [9.17, 15) is 9.59 Å². The SMILES string of the molecule is CC(C)[C@H]1NC(=O)N(C[C@H]2Cc3ccccc3O2)C1=O. The van der Waals surface area contributed by atoms with Gasteiger partial charge in [-0.15, -0.1) is 0 Å². The molecule has 20 heavy (non-hydrogen) atoms. The lowest BCUT2D eigenvalue weighted by molar-refractivity contribution is -0.129. The van der Waals surface area contributed by atoms with Crippen molar-refractivity contribution in [2.75, 3.05) is 6.54 Å². The van der Waals surface area contributed by atoms with Gasteiger partial charge in [0.25, 0.3) is 5.91 Å². The number of hydrogen-bond acceptors (Lipinski definition) is 3. The first-order chi connectivity index (χ1) is 9.56. The van der Waals surface area contributed by atoms with Crippen LogP contribution in [0, 0.1) is 5.92 Å². The number of benzene rings is 1. The van der Waals surface area contributed by atoms with Gasteiger partial charge in [-0.3, -0.25) is 9.69 Å². The molecule has 0 aromatic heterocycles. The average Bonchev–Trinajstić information content (AvgIpc) is 2.94. The van der Waals surface area contributed by atoms with E-state index < -0.39 is 6.04 Å². The molecule has 0 radical (unpaired) electrons. The number of para-hydroxylation sites is 1. The van der Waals surface area contributed by atoms with Crippen molar-refractivity contribution in [2.45, 2.75) is 32.4 Å². The zero-order chi connectivity index (χ0) is 14.3. The highest BCUT2D eigenvalue weighted by molar-refractivity contribution is 6.04. The van der Waals surface area contributed by atoms with Crippen LogP contribution in [-0.4, -0.2) is 35.5 Å². The van der Waals surface area contributed by atoms with Crippen LogP contribution in [0.2, 0.25) is 0 Å². The van der Waals surface area contributed by atoms with E-state index in [1.165, 1.54) is 4.90 Å². The molecule has 1 saturated heterocycles. The van der Waals surface area contributed by atoms with E-state index >= 15 is 0 Å². The van der Waals surface area contributed by atoms with Crippen LogP contribution in [0.3, 0.4) is 0 Å². The smallest absolute Gasteiger partial charge is 0.324 e. The lowest BCUT2D eigenvalue weighted by Gasteiger charge is -2.18. The maximum Gasteiger partial charge on any atom is 0.324 e. The van der Waals surface area contributed by atoms with Crippen molar-refractivity contribution in [3.05, 3.63) is 29.8 Å². The first-order valence-electron chi connectivity index (χ1n) is 6.92.